The van der Waals surface area contributed by atoms with E-state index in [2.05, 4.69) is 10.1 Å². The van der Waals surface area contributed by atoms with Crippen LogP contribution in [-0.4, -0.2) is 43.2 Å². The van der Waals surface area contributed by atoms with Crippen molar-refractivity contribution in [1.29, 1.82) is 0 Å². The number of anilines is 1. The van der Waals surface area contributed by atoms with Crippen LogP contribution in [0.3, 0.4) is 0 Å². The number of benzene rings is 1. The zero-order valence-corrected chi connectivity index (χ0v) is 15.6. The molecule has 0 unspecified atom stereocenters. The van der Waals surface area contributed by atoms with E-state index >= 15 is 0 Å². The molecule has 12 heteroatoms. The molecule has 11 nitrogen and oxygen atoms in total. The maximum atomic E-state index is 12.2. The Labute approximate surface area is 158 Å². The molecule has 0 bridgehead atoms. The van der Waals surface area contributed by atoms with Crippen LogP contribution in [0.4, 0.5) is 11.4 Å². The highest BCUT2D eigenvalue weighted by atomic mass is 32.2. The molecule has 0 radical (unpaired) electrons. The van der Waals surface area contributed by atoms with Gasteiger partial charge in [-0.15, -0.1) is 0 Å². The number of amides is 1. The highest BCUT2D eigenvalue weighted by Crippen LogP contribution is 2.14. The number of carbonyl (C=O) groups excluding carboxylic acids is 2. The fourth-order valence-electron chi connectivity index (χ4n) is 2.24. The molecule has 2 rings (SSSR count). The minimum atomic E-state index is -3.40. The summed E-state index contributed by atoms with van der Waals surface area (Å²) in [5, 5.41) is 13.4. The van der Waals surface area contributed by atoms with Crippen LogP contribution < -0.4 is 10.9 Å². The van der Waals surface area contributed by atoms with Crippen LogP contribution in [0.2, 0.25) is 0 Å². The van der Waals surface area contributed by atoms with E-state index in [1.165, 1.54) is 24.3 Å². The van der Waals surface area contributed by atoms with E-state index in [1.54, 1.807) is 0 Å². The van der Waals surface area contributed by atoms with E-state index in [0.29, 0.717) is 4.57 Å². The first-order valence-corrected chi connectivity index (χ1v) is 9.49. The summed E-state index contributed by atoms with van der Waals surface area (Å²) < 4.78 is 28.0. The molecule has 1 aromatic heterocycles. The van der Waals surface area contributed by atoms with Crippen molar-refractivity contribution in [3.05, 3.63) is 62.6 Å². The van der Waals surface area contributed by atoms with Crippen molar-refractivity contribution in [2.45, 2.75) is 11.4 Å². The second-order valence-electron chi connectivity index (χ2n) is 5.64. The van der Waals surface area contributed by atoms with Crippen LogP contribution in [0.25, 0.3) is 0 Å². The molecule has 0 fully saturated rings. The van der Waals surface area contributed by atoms with Crippen LogP contribution >= 0.6 is 0 Å². The van der Waals surface area contributed by atoms with Crippen molar-refractivity contribution in [2.75, 3.05) is 18.7 Å². The third-order valence-electron chi connectivity index (χ3n) is 3.57. The standard InChI is InChI=1S/C16H15N3O8S/c1-27-16(22)10-7-13(19(23)24)15(21)18(8-10)9-14(20)17-11-3-5-12(6-4-11)28(2,25)26/h3-8H,9H2,1-2H3,(H,17,20). The Bertz CT molecular complexity index is 1100. The number of esters is 1. The minimum absolute atomic E-state index is 0.0584. The first-order chi connectivity index (χ1) is 13.0. The average molecular weight is 409 g/mol. The van der Waals surface area contributed by atoms with Crippen LogP contribution in [0.15, 0.2) is 46.2 Å². The molecule has 1 aromatic carbocycles. The number of nitro groups is 1. The van der Waals surface area contributed by atoms with E-state index in [4.69, 9.17) is 0 Å². The van der Waals surface area contributed by atoms with Crippen LogP contribution in [0.5, 0.6) is 0 Å². The first-order valence-electron chi connectivity index (χ1n) is 7.60. The van der Waals surface area contributed by atoms with Gasteiger partial charge in [-0.2, -0.15) is 0 Å². The van der Waals surface area contributed by atoms with Crippen LogP contribution in [0.1, 0.15) is 10.4 Å². The molecule has 0 saturated heterocycles. The van der Waals surface area contributed by atoms with E-state index in [1.807, 2.05) is 0 Å². The molecular formula is C16H15N3O8S. The molecule has 0 aliphatic carbocycles. The van der Waals surface area contributed by atoms with Crippen molar-refractivity contribution in [2.24, 2.45) is 0 Å². The molecule has 148 valence electrons. The third-order valence-corrected chi connectivity index (χ3v) is 4.69. The highest BCUT2D eigenvalue weighted by molar-refractivity contribution is 7.90. The maximum Gasteiger partial charge on any atom is 0.339 e. The summed E-state index contributed by atoms with van der Waals surface area (Å²) in [6.07, 6.45) is 2.02. The van der Waals surface area contributed by atoms with Gasteiger partial charge in [0.25, 0.3) is 0 Å². The summed E-state index contributed by atoms with van der Waals surface area (Å²) in [4.78, 5) is 46.1. The first kappa shape index (κ1) is 20.8. The van der Waals surface area contributed by atoms with E-state index in [0.717, 1.165) is 25.6 Å². The predicted molar refractivity (Wildman–Crippen MR) is 96.9 cm³/mol. The number of hydrogen-bond acceptors (Lipinski definition) is 8. The fraction of sp³-hybridized carbons (Fsp3) is 0.188. The molecule has 0 atom stereocenters. The zero-order valence-electron chi connectivity index (χ0n) is 14.7. The number of rotatable bonds is 6. The molecule has 0 aliphatic rings. The van der Waals surface area contributed by atoms with Gasteiger partial charge in [0.05, 0.1) is 22.5 Å². The normalized spacial score (nSPS) is 10.9. The Morgan fingerprint density at radius 2 is 1.86 bits per heavy atom. The summed E-state index contributed by atoms with van der Waals surface area (Å²) in [6, 6.07) is 6.06. The van der Waals surface area contributed by atoms with Gasteiger partial charge in [-0.05, 0) is 24.3 Å². The lowest BCUT2D eigenvalue weighted by Gasteiger charge is -2.09. The monoisotopic (exact) mass is 409 g/mol. The number of aromatic nitrogens is 1. The second-order valence-corrected chi connectivity index (χ2v) is 7.66. The van der Waals surface area contributed by atoms with E-state index in [9.17, 15) is 32.9 Å². The number of sulfone groups is 1. The van der Waals surface area contributed by atoms with Crippen molar-refractivity contribution < 1.29 is 27.7 Å². The predicted octanol–water partition coefficient (Wildman–Crippen LogP) is 0.585. The van der Waals surface area contributed by atoms with Crippen LogP contribution in [0, 0.1) is 10.1 Å². The highest BCUT2D eigenvalue weighted by Gasteiger charge is 2.21. The Balaban J connectivity index is 2.28. The third kappa shape index (κ3) is 4.79. The number of nitrogens with zero attached hydrogens (tertiary/aromatic N) is 2. The number of ether oxygens (including phenoxy) is 1. The van der Waals surface area contributed by atoms with Gasteiger partial charge < -0.3 is 10.1 Å². The topological polar surface area (TPSA) is 155 Å². The lowest BCUT2D eigenvalue weighted by molar-refractivity contribution is -0.386. The number of nitrogens with one attached hydrogen (secondary N) is 1. The molecular weight excluding hydrogens is 394 g/mol. The van der Waals surface area contributed by atoms with Crippen molar-refractivity contribution >= 4 is 33.1 Å². The molecule has 1 amide bonds. The summed E-state index contributed by atoms with van der Waals surface area (Å²) in [7, 11) is -2.33. The van der Waals surface area contributed by atoms with Gasteiger partial charge in [0.15, 0.2) is 9.84 Å². The van der Waals surface area contributed by atoms with Gasteiger partial charge in [0, 0.05) is 24.2 Å². The Kier molecular flexibility index (Phi) is 5.93. The van der Waals surface area contributed by atoms with E-state index in [-0.39, 0.29) is 16.1 Å². The molecule has 0 saturated carbocycles. The molecule has 0 aliphatic heterocycles. The lowest BCUT2D eigenvalue weighted by Crippen LogP contribution is -2.29. The molecule has 1 N–H and O–H groups in total. The minimum Gasteiger partial charge on any atom is -0.465 e. The van der Waals surface area contributed by atoms with Crippen LogP contribution in [-0.2, 0) is 25.9 Å². The Morgan fingerprint density at radius 1 is 1.25 bits per heavy atom. The number of carbonyl (C=O) groups is 2. The summed E-state index contributed by atoms with van der Waals surface area (Å²) in [6.45, 7) is -0.613. The van der Waals surface area contributed by atoms with Gasteiger partial charge in [-0.25, -0.2) is 13.2 Å². The van der Waals surface area contributed by atoms with Gasteiger partial charge in [-0.3, -0.25) is 24.3 Å². The molecule has 28 heavy (non-hydrogen) atoms. The quantitative estimate of drug-likeness (QED) is 0.413. The molecule has 1 heterocycles. The van der Waals surface area contributed by atoms with E-state index < -0.39 is 44.4 Å². The largest absolute Gasteiger partial charge is 0.465 e. The van der Waals surface area contributed by atoms with Gasteiger partial charge in [0.1, 0.15) is 6.54 Å². The Hall–Kier alpha value is -3.54. The summed E-state index contributed by atoms with van der Waals surface area (Å²) in [5.41, 5.74) is -1.96. The second kappa shape index (κ2) is 8.00. The average Bonchev–Trinajstić information content (AvgIpc) is 2.62. The molecule has 0 spiro atoms. The van der Waals surface area contributed by atoms with Crippen molar-refractivity contribution in [3.63, 3.8) is 0 Å². The SMILES string of the molecule is COC(=O)c1cc([N+](=O)[O-])c(=O)n(CC(=O)Nc2ccc(S(C)(=O)=O)cc2)c1. The van der Waals surface area contributed by atoms with Crippen molar-refractivity contribution in [1.82, 2.24) is 4.57 Å². The maximum absolute atomic E-state index is 12.2. The summed E-state index contributed by atoms with van der Waals surface area (Å²) in [5.74, 6) is -1.63. The van der Waals surface area contributed by atoms with Gasteiger partial charge >= 0.3 is 17.2 Å². The smallest absolute Gasteiger partial charge is 0.339 e. The lowest BCUT2D eigenvalue weighted by atomic mass is 10.2. The molecule has 2 aromatic rings. The zero-order chi connectivity index (χ0) is 21.1. The number of pyridine rings is 1. The van der Waals surface area contributed by atoms with Gasteiger partial charge in [0.2, 0.25) is 5.91 Å². The van der Waals surface area contributed by atoms with Crippen molar-refractivity contribution in [3.8, 4) is 0 Å². The van der Waals surface area contributed by atoms with Gasteiger partial charge in [-0.1, -0.05) is 0 Å². The Morgan fingerprint density at radius 3 is 2.36 bits per heavy atom. The summed E-state index contributed by atoms with van der Waals surface area (Å²) >= 11 is 0. The number of methoxy groups -OCH3 is 1. The fourth-order valence-corrected chi connectivity index (χ4v) is 2.87. The number of hydrogen-bond donors (Lipinski definition) is 1.